The molecule has 3 rings (SSSR count). The Hall–Kier alpha value is -1.10. The van der Waals surface area contributed by atoms with Gasteiger partial charge in [0.1, 0.15) is 5.15 Å². The Labute approximate surface area is 124 Å². The van der Waals surface area contributed by atoms with Crippen LogP contribution >= 0.6 is 11.6 Å². The van der Waals surface area contributed by atoms with Gasteiger partial charge in [-0.25, -0.2) is 4.98 Å². The molecule has 3 nitrogen and oxygen atoms in total. The molecule has 2 aromatic rings. The topological polar surface area (TPSA) is 31.4 Å². The molecule has 1 aromatic carbocycles. The summed E-state index contributed by atoms with van der Waals surface area (Å²) in [5.41, 5.74) is 0.280. The second-order valence-corrected chi connectivity index (χ2v) is 6.53. The maximum absolute atomic E-state index is 6.16. The summed E-state index contributed by atoms with van der Waals surface area (Å²) in [4.78, 5) is 4.12. The maximum Gasteiger partial charge on any atom is 0.494 e. The molecule has 1 saturated heterocycles. The van der Waals surface area contributed by atoms with E-state index in [1.165, 1.54) is 0 Å². The Morgan fingerprint density at radius 1 is 1.05 bits per heavy atom. The number of fused-ring (bicyclic) bond motifs is 1. The van der Waals surface area contributed by atoms with Gasteiger partial charge >= 0.3 is 7.12 Å². The molecule has 1 fully saturated rings. The van der Waals surface area contributed by atoms with Gasteiger partial charge in [0.15, 0.2) is 0 Å². The van der Waals surface area contributed by atoms with E-state index in [1.54, 1.807) is 6.20 Å². The SMILES string of the molecule is CC1(C)OB(c2ccc3ccnc(Cl)c3c2)OC1(C)C. The van der Waals surface area contributed by atoms with Crippen LogP contribution < -0.4 is 5.46 Å². The molecule has 1 aliphatic heterocycles. The molecule has 5 heteroatoms. The van der Waals surface area contributed by atoms with Crippen molar-refractivity contribution in [2.75, 3.05) is 0 Å². The molecule has 0 spiro atoms. The van der Waals surface area contributed by atoms with Crippen LogP contribution in [0.5, 0.6) is 0 Å². The fraction of sp³-hybridized carbons (Fsp3) is 0.400. The summed E-state index contributed by atoms with van der Waals surface area (Å²) in [6, 6.07) is 7.96. The summed E-state index contributed by atoms with van der Waals surface area (Å²) < 4.78 is 12.1. The predicted molar refractivity (Wildman–Crippen MR) is 82.5 cm³/mol. The van der Waals surface area contributed by atoms with Gasteiger partial charge in [-0.05, 0) is 44.6 Å². The maximum atomic E-state index is 6.16. The number of hydrogen-bond acceptors (Lipinski definition) is 3. The van der Waals surface area contributed by atoms with Gasteiger partial charge < -0.3 is 9.31 Å². The lowest BCUT2D eigenvalue weighted by atomic mass is 9.78. The molecule has 104 valence electrons. The van der Waals surface area contributed by atoms with Gasteiger partial charge in [0.2, 0.25) is 0 Å². The molecule has 0 saturated carbocycles. The molecule has 1 aromatic heterocycles. The molecule has 0 aliphatic carbocycles. The number of halogens is 1. The monoisotopic (exact) mass is 289 g/mol. The molecule has 0 atom stereocenters. The summed E-state index contributed by atoms with van der Waals surface area (Å²) in [7, 11) is -0.374. The minimum Gasteiger partial charge on any atom is -0.399 e. The van der Waals surface area contributed by atoms with Gasteiger partial charge in [-0.1, -0.05) is 29.8 Å². The van der Waals surface area contributed by atoms with Crippen molar-refractivity contribution < 1.29 is 9.31 Å². The van der Waals surface area contributed by atoms with Crippen LogP contribution in [0.15, 0.2) is 30.5 Å². The number of pyridine rings is 1. The van der Waals surface area contributed by atoms with Gasteiger partial charge in [0.25, 0.3) is 0 Å². The third kappa shape index (κ3) is 2.12. The molecule has 0 radical (unpaired) electrons. The first kappa shape index (κ1) is 13.9. The van der Waals surface area contributed by atoms with Crippen LogP contribution in [0.25, 0.3) is 10.8 Å². The minimum absolute atomic E-state index is 0.342. The Kier molecular flexibility index (Phi) is 3.09. The third-order valence-corrected chi connectivity index (χ3v) is 4.57. The van der Waals surface area contributed by atoms with Crippen LogP contribution in [0.3, 0.4) is 0 Å². The summed E-state index contributed by atoms with van der Waals surface area (Å²) in [5.74, 6) is 0. The fourth-order valence-corrected chi connectivity index (χ4v) is 2.50. The molecule has 0 amide bonds. The summed E-state index contributed by atoms with van der Waals surface area (Å²) >= 11 is 6.16. The smallest absolute Gasteiger partial charge is 0.399 e. The van der Waals surface area contributed by atoms with Gasteiger partial charge in [-0.2, -0.15) is 0 Å². The fourth-order valence-electron chi connectivity index (χ4n) is 2.28. The van der Waals surface area contributed by atoms with Crippen molar-refractivity contribution in [3.05, 3.63) is 35.6 Å². The van der Waals surface area contributed by atoms with Crippen LogP contribution in [-0.4, -0.2) is 23.3 Å². The predicted octanol–water partition coefficient (Wildman–Crippen LogP) is 3.19. The lowest BCUT2D eigenvalue weighted by Crippen LogP contribution is -2.41. The summed E-state index contributed by atoms with van der Waals surface area (Å²) in [5, 5.41) is 2.48. The largest absolute Gasteiger partial charge is 0.494 e. The zero-order valence-electron chi connectivity index (χ0n) is 12.1. The average Bonchev–Trinajstić information content (AvgIpc) is 2.59. The zero-order chi connectivity index (χ0) is 14.5. The Bertz CT molecular complexity index is 656. The molecule has 0 N–H and O–H groups in total. The number of rotatable bonds is 1. The highest BCUT2D eigenvalue weighted by Gasteiger charge is 2.51. The Morgan fingerprint density at radius 3 is 2.35 bits per heavy atom. The first-order valence-corrected chi connectivity index (χ1v) is 7.08. The van der Waals surface area contributed by atoms with E-state index in [9.17, 15) is 0 Å². The lowest BCUT2D eigenvalue weighted by molar-refractivity contribution is 0.00578. The number of benzene rings is 1. The molecule has 1 aliphatic rings. The van der Waals surface area contributed by atoms with E-state index in [1.807, 2.05) is 52.0 Å². The van der Waals surface area contributed by atoms with Crippen molar-refractivity contribution >= 4 is 35.0 Å². The molecule has 0 unspecified atom stereocenters. The van der Waals surface area contributed by atoms with Gasteiger partial charge in [0.05, 0.1) is 11.2 Å². The molecule has 0 bridgehead atoms. The standard InChI is InChI=1S/C15H17BClNO2/c1-14(2)15(3,4)20-16(19-14)11-6-5-10-7-8-18-13(17)12(10)9-11/h5-9H,1-4H3. The summed E-state index contributed by atoms with van der Waals surface area (Å²) in [6.45, 7) is 8.18. The number of hydrogen-bond donors (Lipinski definition) is 0. The highest BCUT2D eigenvalue weighted by Crippen LogP contribution is 2.36. The zero-order valence-corrected chi connectivity index (χ0v) is 12.9. The van der Waals surface area contributed by atoms with Crippen molar-refractivity contribution in [1.29, 1.82) is 0 Å². The van der Waals surface area contributed by atoms with E-state index >= 15 is 0 Å². The normalized spacial score (nSPS) is 20.6. The molecular formula is C15H17BClNO2. The van der Waals surface area contributed by atoms with E-state index in [0.29, 0.717) is 5.15 Å². The van der Waals surface area contributed by atoms with Gasteiger partial charge in [-0.15, -0.1) is 0 Å². The minimum atomic E-state index is -0.374. The van der Waals surface area contributed by atoms with Crippen molar-refractivity contribution in [1.82, 2.24) is 4.98 Å². The van der Waals surface area contributed by atoms with Crippen molar-refractivity contribution in [3.63, 3.8) is 0 Å². The van der Waals surface area contributed by atoms with E-state index in [0.717, 1.165) is 16.2 Å². The molecule has 2 heterocycles. The number of nitrogens with zero attached hydrogens (tertiary/aromatic N) is 1. The van der Waals surface area contributed by atoms with Crippen LogP contribution in [0, 0.1) is 0 Å². The van der Waals surface area contributed by atoms with Crippen molar-refractivity contribution in [2.45, 2.75) is 38.9 Å². The van der Waals surface area contributed by atoms with Crippen molar-refractivity contribution in [2.24, 2.45) is 0 Å². The second-order valence-electron chi connectivity index (χ2n) is 6.17. The van der Waals surface area contributed by atoms with Crippen LogP contribution in [0.2, 0.25) is 5.15 Å². The van der Waals surface area contributed by atoms with E-state index in [2.05, 4.69) is 4.98 Å². The van der Waals surface area contributed by atoms with Crippen LogP contribution in [0.1, 0.15) is 27.7 Å². The van der Waals surface area contributed by atoms with Gasteiger partial charge in [-0.3, -0.25) is 0 Å². The highest BCUT2D eigenvalue weighted by atomic mass is 35.5. The Morgan fingerprint density at radius 2 is 1.70 bits per heavy atom. The van der Waals surface area contributed by atoms with E-state index in [-0.39, 0.29) is 18.3 Å². The van der Waals surface area contributed by atoms with Crippen molar-refractivity contribution in [3.8, 4) is 0 Å². The number of aromatic nitrogens is 1. The quantitative estimate of drug-likeness (QED) is 0.597. The molecular weight excluding hydrogens is 272 g/mol. The van der Waals surface area contributed by atoms with Gasteiger partial charge in [0, 0.05) is 11.6 Å². The first-order valence-electron chi connectivity index (χ1n) is 6.70. The summed E-state index contributed by atoms with van der Waals surface area (Å²) in [6.07, 6.45) is 1.71. The average molecular weight is 290 g/mol. The lowest BCUT2D eigenvalue weighted by Gasteiger charge is -2.32. The third-order valence-electron chi connectivity index (χ3n) is 4.27. The highest BCUT2D eigenvalue weighted by molar-refractivity contribution is 6.62. The first-order chi connectivity index (χ1) is 9.30. The van der Waals surface area contributed by atoms with Crippen LogP contribution in [-0.2, 0) is 9.31 Å². The van der Waals surface area contributed by atoms with Crippen LogP contribution in [0.4, 0.5) is 0 Å². The molecule has 20 heavy (non-hydrogen) atoms. The Balaban J connectivity index is 2.02. The van der Waals surface area contributed by atoms with E-state index in [4.69, 9.17) is 20.9 Å². The second kappa shape index (κ2) is 4.45. The van der Waals surface area contributed by atoms with E-state index < -0.39 is 0 Å².